The summed E-state index contributed by atoms with van der Waals surface area (Å²) in [6.45, 7) is 0. The molecule has 1 aromatic rings. The predicted octanol–water partition coefficient (Wildman–Crippen LogP) is 1.33. The molecule has 0 unspecified atom stereocenters. The lowest BCUT2D eigenvalue weighted by molar-refractivity contribution is -0.141. The van der Waals surface area contributed by atoms with Gasteiger partial charge in [0.25, 0.3) is 5.91 Å². The average molecular weight is 275 g/mol. The molecule has 0 aromatic carbocycles. The number of nitrogens with zero attached hydrogens (tertiary/aromatic N) is 3. The standard InChI is InChI=1S/C14H17N3O3/c18-13(10-8-15-5-6-16-10)17-11-4-2-1-3-9(11)7-12(17)14(19)20/h5-6,8-9,11-12H,1-4,7H2,(H,19,20)/t9-,11-,12-/m0/s1. The van der Waals surface area contributed by atoms with Gasteiger partial charge in [0.2, 0.25) is 0 Å². The van der Waals surface area contributed by atoms with Crippen LogP contribution in [0.25, 0.3) is 0 Å². The lowest BCUT2D eigenvalue weighted by Crippen LogP contribution is -2.46. The quantitative estimate of drug-likeness (QED) is 0.880. The number of carboxylic acid groups (broad SMARTS) is 1. The molecule has 0 radical (unpaired) electrons. The molecule has 0 bridgehead atoms. The van der Waals surface area contributed by atoms with Gasteiger partial charge in [-0.25, -0.2) is 9.78 Å². The second-order valence-electron chi connectivity index (χ2n) is 5.50. The van der Waals surface area contributed by atoms with Crippen molar-refractivity contribution < 1.29 is 14.7 Å². The van der Waals surface area contributed by atoms with E-state index in [9.17, 15) is 14.7 Å². The minimum absolute atomic E-state index is 0.0411. The van der Waals surface area contributed by atoms with Crippen molar-refractivity contribution in [2.45, 2.75) is 44.2 Å². The summed E-state index contributed by atoms with van der Waals surface area (Å²) < 4.78 is 0. The Kier molecular flexibility index (Phi) is 3.38. The van der Waals surface area contributed by atoms with E-state index in [2.05, 4.69) is 9.97 Å². The molecule has 3 rings (SSSR count). The first-order valence-corrected chi connectivity index (χ1v) is 7.00. The number of rotatable bonds is 2. The maximum atomic E-state index is 12.6. The molecule has 1 aliphatic heterocycles. The third-order valence-corrected chi connectivity index (χ3v) is 4.39. The zero-order valence-corrected chi connectivity index (χ0v) is 11.1. The molecule has 3 atom stereocenters. The molecule has 1 saturated carbocycles. The van der Waals surface area contributed by atoms with Crippen LogP contribution in [-0.4, -0.2) is 43.9 Å². The lowest BCUT2D eigenvalue weighted by atomic mass is 9.84. The summed E-state index contributed by atoms with van der Waals surface area (Å²) in [7, 11) is 0. The van der Waals surface area contributed by atoms with Crippen LogP contribution in [0.15, 0.2) is 18.6 Å². The molecule has 2 aliphatic rings. The van der Waals surface area contributed by atoms with Crippen LogP contribution in [0, 0.1) is 5.92 Å². The van der Waals surface area contributed by atoms with Crippen molar-refractivity contribution in [3.05, 3.63) is 24.3 Å². The number of amides is 1. The van der Waals surface area contributed by atoms with Crippen molar-refractivity contribution in [1.82, 2.24) is 14.9 Å². The molecule has 6 nitrogen and oxygen atoms in total. The number of aromatic nitrogens is 2. The molecule has 1 N–H and O–H groups in total. The van der Waals surface area contributed by atoms with E-state index in [-0.39, 0.29) is 17.6 Å². The SMILES string of the molecule is O=C(O)[C@@H]1C[C@@H]2CCCC[C@@H]2N1C(=O)c1cnccn1. The maximum absolute atomic E-state index is 12.6. The minimum atomic E-state index is -0.920. The first-order chi connectivity index (χ1) is 9.68. The van der Waals surface area contributed by atoms with Gasteiger partial charge in [-0.15, -0.1) is 0 Å². The highest BCUT2D eigenvalue weighted by Gasteiger charge is 2.47. The van der Waals surface area contributed by atoms with Crippen molar-refractivity contribution in [2.75, 3.05) is 0 Å². The van der Waals surface area contributed by atoms with Gasteiger partial charge in [0, 0.05) is 18.4 Å². The molecule has 106 valence electrons. The first kappa shape index (κ1) is 13.0. The fourth-order valence-corrected chi connectivity index (χ4v) is 3.51. The van der Waals surface area contributed by atoms with E-state index in [0.717, 1.165) is 25.7 Å². The van der Waals surface area contributed by atoms with Gasteiger partial charge < -0.3 is 10.0 Å². The second-order valence-corrected chi connectivity index (χ2v) is 5.50. The molecule has 6 heteroatoms. The normalized spacial score (nSPS) is 29.0. The zero-order valence-electron chi connectivity index (χ0n) is 11.1. The van der Waals surface area contributed by atoms with Crippen LogP contribution in [-0.2, 0) is 4.79 Å². The average Bonchev–Trinajstić information content (AvgIpc) is 2.87. The molecule has 0 spiro atoms. The Hall–Kier alpha value is -1.98. The van der Waals surface area contributed by atoms with Crippen LogP contribution in [0.3, 0.4) is 0 Å². The highest BCUT2D eigenvalue weighted by Crippen LogP contribution is 2.40. The molecular formula is C14H17N3O3. The molecule has 1 aromatic heterocycles. The summed E-state index contributed by atoms with van der Waals surface area (Å²) in [6, 6.07) is -0.683. The number of carbonyl (C=O) groups is 2. The van der Waals surface area contributed by atoms with Crippen molar-refractivity contribution in [2.24, 2.45) is 5.92 Å². The van der Waals surface area contributed by atoms with E-state index < -0.39 is 12.0 Å². The van der Waals surface area contributed by atoms with Crippen LogP contribution in [0.5, 0.6) is 0 Å². The van der Waals surface area contributed by atoms with Crippen LogP contribution >= 0.6 is 0 Å². The summed E-state index contributed by atoms with van der Waals surface area (Å²) in [4.78, 5) is 33.5. The van der Waals surface area contributed by atoms with Gasteiger partial charge >= 0.3 is 5.97 Å². The van der Waals surface area contributed by atoms with Gasteiger partial charge in [-0.2, -0.15) is 0 Å². The third kappa shape index (κ3) is 2.15. The number of aliphatic carboxylic acids is 1. The van der Waals surface area contributed by atoms with E-state index in [1.807, 2.05) is 0 Å². The van der Waals surface area contributed by atoms with E-state index in [1.54, 1.807) is 0 Å². The second kappa shape index (κ2) is 5.19. The lowest BCUT2D eigenvalue weighted by Gasteiger charge is -2.32. The summed E-state index contributed by atoms with van der Waals surface area (Å²) in [5, 5.41) is 9.40. The molecule has 2 fully saturated rings. The highest BCUT2D eigenvalue weighted by molar-refractivity contribution is 5.95. The Labute approximate surface area is 116 Å². The Morgan fingerprint density at radius 3 is 2.75 bits per heavy atom. The van der Waals surface area contributed by atoms with Crippen molar-refractivity contribution >= 4 is 11.9 Å². The first-order valence-electron chi connectivity index (χ1n) is 7.00. The van der Waals surface area contributed by atoms with Crippen LogP contribution in [0.1, 0.15) is 42.6 Å². The Morgan fingerprint density at radius 1 is 1.25 bits per heavy atom. The molecule has 2 heterocycles. The fourth-order valence-electron chi connectivity index (χ4n) is 3.51. The molecule has 20 heavy (non-hydrogen) atoms. The van der Waals surface area contributed by atoms with Crippen LogP contribution in [0.2, 0.25) is 0 Å². The summed E-state index contributed by atoms with van der Waals surface area (Å²) >= 11 is 0. The van der Waals surface area contributed by atoms with Gasteiger partial charge in [-0.05, 0) is 25.2 Å². The van der Waals surface area contributed by atoms with E-state index in [1.165, 1.54) is 23.5 Å². The number of hydrogen-bond donors (Lipinski definition) is 1. The smallest absolute Gasteiger partial charge is 0.326 e. The zero-order chi connectivity index (χ0) is 14.1. The van der Waals surface area contributed by atoms with Gasteiger partial charge in [0.05, 0.1) is 6.20 Å². The van der Waals surface area contributed by atoms with Crippen molar-refractivity contribution in [3.8, 4) is 0 Å². The number of hydrogen-bond acceptors (Lipinski definition) is 4. The molecule has 1 saturated heterocycles. The largest absolute Gasteiger partial charge is 0.480 e. The maximum Gasteiger partial charge on any atom is 0.326 e. The monoisotopic (exact) mass is 275 g/mol. The summed E-state index contributed by atoms with van der Waals surface area (Å²) in [6.07, 6.45) is 9.00. The number of carbonyl (C=O) groups excluding carboxylic acids is 1. The Balaban J connectivity index is 1.91. The Bertz CT molecular complexity index is 520. The van der Waals surface area contributed by atoms with Crippen LogP contribution in [0.4, 0.5) is 0 Å². The molecular weight excluding hydrogens is 258 g/mol. The van der Waals surface area contributed by atoms with Crippen LogP contribution < -0.4 is 0 Å². The van der Waals surface area contributed by atoms with Gasteiger partial charge in [0.15, 0.2) is 0 Å². The fraction of sp³-hybridized carbons (Fsp3) is 0.571. The van der Waals surface area contributed by atoms with Crippen molar-refractivity contribution in [3.63, 3.8) is 0 Å². The van der Waals surface area contributed by atoms with E-state index >= 15 is 0 Å². The minimum Gasteiger partial charge on any atom is -0.480 e. The number of likely N-dealkylation sites (tertiary alicyclic amines) is 1. The summed E-state index contributed by atoms with van der Waals surface area (Å²) in [5.74, 6) is -0.915. The van der Waals surface area contributed by atoms with Crippen molar-refractivity contribution in [1.29, 1.82) is 0 Å². The van der Waals surface area contributed by atoms with E-state index in [4.69, 9.17) is 0 Å². The molecule has 1 aliphatic carbocycles. The Morgan fingerprint density at radius 2 is 2.05 bits per heavy atom. The third-order valence-electron chi connectivity index (χ3n) is 4.39. The highest BCUT2D eigenvalue weighted by atomic mass is 16.4. The summed E-state index contributed by atoms with van der Waals surface area (Å²) in [5.41, 5.74) is 0.227. The number of carboxylic acids is 1. The van der Waals surface area contributed by atoms with Gasteiger partial charge in [-0.1, -0.05) is 12.8 Å². The van der Waals surface area contributed by atoms with Gasteiger partial charge in [-0.3, -0.25) is 9.78 Å². The van der Waals surface area contributed by atoms with E-state index in [0.29, 0.717) is 12.3 Å². The molecule has 1 amide bonds. The van der Waals surface area contributed by atoms with Gasteiger partial charge in [0.1, 0.15) is 11.7 Å². The number of fused-ring (bicyclic) bond motifs is 1. The topological polar surface area (TPSA) is 83.4 Å². The predicted molar refractivity (Wildman–Crippen MR) is 70.0 cm³/mol.